The number of piperidine rings is 1. The molecule has 3 atom stereocenters. The zero-order valence-corrected chi connectivity index (χ0v) is 13.7. The molecule has 0 saturated carbocycles. The lowest BCUT2D eigenvalue weighted by Gasteiger charge is -2.40. The van der Waals surface area contributed by atoms with Gasteiger partial charge in [0.2, 0.25) is 0 Å². The summed E-state index contributed by atoms with van der Waals surface area (Å²) in [7, 11) is 0. The van der Waals surface area contributed by atoms with Crippen LogP contribution in [0.2, 0.25) is 0 Å². The molecule has 1 saturated heterocycles. The number of carboxylic acids is 1. The fourth-order valence-electron chi connectivity index (χ4n) is 3.39. The van der Waals surface area contributed by atoms with Crippen LogP contribution >= 0.6 is 0 Å². The molecule has 3 unspecified atom stereocenters. The standard InChI is InChI=1S/C18H24FNO3/c1-12-4-3-5-13(2)20(12)11-15(10-17(21)22)18(23)14-6-8-16(19)9-7-14/h6-9,12-13,15H,3-5,10-11H2,1-2H3,(H,21,22). The van der Waals surface area contributed by atoms with Crippen molar-refractivity contribution in [2.24, 2.45) is 5.92 Å². The number of rotatable bonds is 6. The van der Waals surface area contributed by atoms with E-state index in [0.29, 0.717) is 24.2 Å². The van der Waals surface area contributed by atoms with Crippen LogP contribution < -0.4 is 0 Å². The maximum Gasteiger partial charge on any atom is 0.304 e. The highest BCUT2D eigenvalue weighted by Gasteiger charge is 2.31. The van der Waals surface area contributed by atoms with Crippen molar-refractivity contribution in [3.05, 3.63) is 35.6 Å². The molecule has 0 aromatic heterocycles. The molecule has 23 heavy (non-hydrogen) atoms. The van der Waals surface area contributed by atoms with E-state index in [-0.39, 0.29) is 12.2 Å². The summed E-state index contributed by atoms with van der Waals surface area (Å²) in [6, 6.07) is 6.01. The Kier molecular flexibility index (Phi) is 5.88. The average Bonchev–Trinajstić information content (AvgIpc) is 2.49. The SMILES string of the molecule is CC1CCCC(C)N1CC(CC(=O)O)C(=O)c1ccc(F)cc1. The van der Waals surface area contributed by atoms with Crippen molar-refractivity contribution in [3.63, 3.8) is 0 Å². The zero-order chi connectivity index (χ0) is 17.0. The van der Waals surface area contributed by atoms with Gasteiger partial charge in [0.05, 0.1) is 6.42 Å². The fourth-order valence-corrected chi connectivity index (χ4v) is 3.39. The van der Waals surface area contributed by atoms with Crippen molar-refractivity contribution < 1.29 is 19.1 Å². The lowest BCUT2D eigenvalue weighted by atomic mass is 9.90. The molecule has 4 nitrogen and oxygen atoms in total. The average molecular weight is 321 g/mol. The molecule has 0 spiro atoms. The molecule has 1 fully saturated rings. The second kappa shape index (κ2) is 7.68. The molecular formula is C18H24FNO3. The van der Waals surface area contributed by atoms with Gasteiger partial charge in [0.15, 0.2) is 5.78 Å². The molecule has 0 bridgehead atoms. The van der Waals surface area contributed by atoms with Gasteiger partial charge in [0.1, 0.15) is 5.82 Å². The number of carboxylic acid groups (broad SMARTS) is 1. The van der Waals surface area contributed by atoms with Gasteiger partial charge in [0.25, 0.3) is 0 Å². The number of Topliss-reactive ketones (excluding diaryl/α,β-unsaturated/α-hetero) is 1. The normalized spacial score (nSPS) is 23.4. The quantitative estimate of drug-likeness (QED) is 0.816. The van der Waals surface area contributed by atoms with Crippen LogP contribution in [0.25, 0.3) is 0 Å². The first-order valence-corrected chi connectivity index (χ1v) is 8.15. The molecular weight excluding hydrogens is 297 g/mol. The number of carbonyl (C=O) groups excluding carboxylic acids is 1. The lowest BCUT2D eigenvalue weighted by Crippen LogP contribution is -2.47. The number of benzene rings is 1. The summed E-state index contributed by atoms with van der Waals surface area (Å²) in [6.07, 6.45) is 3.09. The Bertz CT molecular complexity index is 548. The van der Waals surface area contributed by atoms with Crippen LogP contribution in [0.4, 0.5) is 4.39 Å². The molecule has 5 heteroatoms. The summed E-state index contributed by atoms with van der Waals surface area (Å²) >= 11 is 0. The monoisotopic (exact) mass is 321 g/mol. The Morgan fingerprint density at radius 1 is 1.22 bits per heavy atom. The second-order valence-corrected chi connectivity index (χ2v) is 6.49. The summed E-state index contributed by atoms with van der Waals surface area (Å²) in [6.45, 7) is 4.68. The summed E-state index contributed by atoms with van der Waals surface area (Å²) in [4.78, 5) is 26.1. The number of halogens is 1. The number of hydrogen-bond acceptors (Lipinski definition) is 3. The number of likely N-dealkylation sites (tertiary alicyclic amines) is 1. The van der Waals surface area contributed by atoms with Gasteiger partial charge in [-0.15, -0.1) is 0 Å². The Balaban J connectivity index is 2.17. The Labute approximate surface area is 136 Å². The van der Waals surface area contributed by atoms with Gasteiger partial charge in [-0.2, -0.15) is 0 Å². The number of aliphatic carboxylic acids is 1. The van der Waals surface area contributed by atoms with Crippen LogP contribution in [-0.4, -0.2) is 40.4 Å². The molecule has 1 aliphatic rings. The highest BCUT2D eigenvalue weighted by atomic mass is 19.1. The molecule has 0 radical (unpaired) electrons. The van der Waals surface area contributed by atoms with Crippen LogP contribution in [-0.2, 0) is 4.79 Å². The van der Waals surface area contributed by atoms with E-state index >= 15 is 0 Å². The van der Waals surface area contributed by atoms with E-state index in [1.54, 1.807) is 0 Å². The maximum atomic E-state index is 13.0. The van der Waals surface area contributed by atoms with E-state index in [1.807, 2.05) is 0 Å². The smallest absolute Gasteiger partial charge is 0.304 e. The van der Waals surface area contributed by atoms with Crippen molar-refractivity contribution in [2.75, 3.05) is 6.54 Å². The Morgan fingerprint density at radius 3 is 2.30 bits per heavy atom. The summed E-state index contributed by atoms with van der Waals surface area (Å²) < 4.78 is 13.0. The van der Waals surface area contributed by atoms with E-state index in [9.17, 15) is 14.0 Å². The predicted octanol–water partition coefficient (Wildman–Crippen LogP) is 3.36. The minimum Gasteiger partial charge on any atom is -0.481 e. The van der Waals surface area contributed by atoms with Crippen LogP contribution in [0.1, 0.15) is 49.9 Å². The topological polar surface area (TPSA) is 57.6 Å². The number of nitrogens with zero attached hydrogens (tertiary/aromatic N) is 1. The number of hydrogen-bond donors (Lipinski definition) is 1. The minimum atomic E-state index is -0.984. The van der Waals surface area contributed by atoms with Crippen LogP contribution in [0.3, 0.4) is 0 Å². The van der Waals surface area contributed by atoms with E-state index in [2.05, 4.69) is 18.7 Å². The van der Waals surface area contributed by atoms with Crippen LogP contribution in [0.15, 0.2) is 24.3 Å². The van der Waals surface area contributed by atoms with Gasteiger partial charge in [-0.3, -0.25) is 14.5 Å². The second-order valence-electron chi connectivity index (χ2n) is 6.49. The largest absolute Gasteiger partial charge is 0.481 e. The lowest BCUT2D eigenvalue weighted by molar-refractivity contribution is -0.138. The molecule has 0 aliphatic carbocycles. The molecule has 1 aliphatic heterocycles. The van der Waals surface area contributed by atoms with Crippen molar-refractivity contribution in [1.29, 1.82) is 0 Å². The van der Waals surface area contributed by atoms with Gasteiger partial charge >= 0.3 is 5.97 Å². The van der Waals surface area contributed by atoms with Crippen molar-refractivity contribution >= 4 is 11.8 Å². The predicted molar refractivity (Wildman–Crippen MR) is 86.0 cm³/mol. The van der Waals surface area contributed by atoms with E-state index in [4.69, 9.17) is 5.11 Å². The highest BCUT2D eigenvalue weighted by Crippen LogP contribution is 2.25. The van der Waals surface area contributed by atoms with Gasteiger partial charge in [-0.05, 0) is 51.0 Å². The third-order valence-electron chi connectivity index (χ3n) is 4.73. The first-order chi connectivity index (χ1) is 10.9. The Morgan fingerprint density at radius 2 is 1.78 bits per heavy atom. The van der Waals surface area contributed by atoms with E-state index < -0.39 is 17.7 Å². The van der Waals surface area contributed by atoms with Crippen LogP contribution in [0.5, 0.6) is 0 Å². The summed E-state index contributed by atoms with van der Waals surface area (Å²) in [5.74, 6) is -2.23. The van der Waals surface area contributed by atoms with Crippen molar-refractivity contribution in [1.82, 2.24) is 4.90 Å². The van der Waals surface area contributed by atoms with Crippen molar-refractivity contribution in [2.45, 2.75) is 51.6 Å². The first kappa shape index (κ1) is 17.6. The third kappa shape index (κ3) is 4.61. The zero-order valence-electron chi connectivity index (χ0n) is 13.7. The minimum absolute atomic E-state index is 0.202. The van der Waals surface area contributed by atoms with Gasteiger partial charge < -0.3 is 5.11 Å². The fraction of sp³-hybridized carbons (Fsp3) is 0.556. The molecule has 2 rings (SSSR count). The first-order valence-electron chi connectivity index (χ1n) is 8.15. The molecule has 1 aromatic carbocycles. The third-order valence-corrected chi connectivity index (χ3v) is 4.73. The summed E-state index contributed by atoms with van der Waals surface area (Å²) in [5.41, 5.74) is 0.370. The molecule has 0 amide bonds. The number of ketones is 1. The molecule has 126 valence electrons. The van der Waals surface area contributed by atoms with E-state index in [0.717, 1.165) is 19.3 Å². The Hall–Kier alpha value is -1.75. The maximum absolute atomic E-state index is 13.0. The van der Waals surface area contributed by atoms with Gasteiger partial charge in [-0.25, -0.2) is 4.39 Å². The summed E-state index contributed by atoms with van der Waals surface area (Å²) in [5, 5.41) is 9.15. The molecule has 1 N–H and O–H groups in total. The molecule has 1 heterocycles. The molecule has 1 aromatic rings. The van der Waals surface area contributed by atoms with E-state index in [1.165, 1.54) is 24.3 Å². The van der Waals surface area contributed by atoms with Crippen LogP contribution in [0, 0.1) is 11.7 Å². The highest BCUT2D eigenvalue weighted by molar-refractivity contribution is 5.99. The number of carbonyl (C=O) groups is 2. The van der Waals surface area contributed by atoms with Gasteiger partial charge in [0, 0.05) is 30.1 Å². The van der Waals surface area contributed by atoms with Crippen molar-refractivity contribution in [3.8, 4) is 0 Å². The van der Waals surface area contributed by atoms with Gasteiger partial charge in [-0.1, -0.05) is 6.42 Å².